The maximum Gasteiger partial charge on any atom is 0.141 e. The third kappa shape index (κ3) is 3.54. The lowest BCUT2D eigenvalue weighted by Gasteiger charge is -2.20. The van der Waals surface area contributed by atoms with Crippen molar-refractivity contribution < 1.29 is 9.13 Å². The first-order valence-corrected chi connectivity index (χ1v) is 6.70. The van der Waals surface area contributed by atoms with Gasteiger partial charge in [0, 0.05) is 17.8 Å². The van der Waals surface area contributed by atoms with E-state index >= 15 is 0 Å². The quantitative estimate of drug-likeness (QED) is 0.878. The zero-order chi connectivity index (χ0) is 14.4. The van der Waals surface area contributed by atoms with Gasteiger partial charge >= 0.3 is 0 Å². The second kappa shape index (κ2) is 7.01. The smallest absolute Gasteiger partial charge is 0.141 e. The molecule has 20 heavy (non-hydrogen) atoms. The molecule has 4 heteroatoms. The van der Waals surface area contributed by atoms with Crippen molar-refractivity contribution in [1.82, 2.24) is 10.3 Å². The second-order valence-corrected chi connectivity index (χ2v) is 4.56. The first kappa shape index (κ1) is 14.5. The van der Waals surface area contributed by atoms with E-state index in [-0.39, 0.29) is 11.9 Å². The number of methoxy groups -OCH3 is 1. The molecule has 0 saturated carbocycles. The SMILES string of the molecule is CCNC(Cc1cccc(F)c1)c1ccncc1OC. The van der Waals surface area contributed by atoms with Crippen LogP contribution in [0.5, 0.6) is 5.75 Å². The van der Waals surface area contributed by atoms with Crippen LogP contribution in [0.1, 0.15) is 24.1 Å². The molecule has 1 aromatic carbocycles. The Hall–Kier alpha value is -1.94. The van der Waals surface area contributed by atoms with E-state index in [9.17, 15) is 4.39 Å². The number of likely N-dealkylation sites (N-methyl/N-ethyl adjacent to an activating group) is 1. The van der Waals surface area contributed by atoms with Crippen LogP contribution in [0.25, 0.3) is 0 Å². The average molecular weight is 274 g/mol. The highest BCUT2D eigenvalue weighted by Crippen LogP contribution is 2.26. The van der Waals surface area contributed by atoms with Crippen molar-refractivity contribution >= 4 is 0 Å². The molecule has 0 fully saturated rings. The van der Waals surface area contributed by atoms with E-state index in [4.69, 9.17) is 4.74 Å². The van der Waals surface area contributed by atoms with E-state index < -0.39 is 0 Å². The van der Waals surface area contributed by atoms with Gasteiger partial charge in [-0.15, -0.1) is 0 Å². The lowest BCUT2D eigenvalue weighted by molar-refractivity contribution is 0.397. The Morgan fingerprint density at radius 3 is 2.90 bits per heavy atom. The predicted octanol–water partition coefficient (Wildman–Crippen LogP) is 3.12. The Labute approximate surface area is 118 Å². The maximum atomic E-state index is 13.3. The zero-order valence-electron chi connectivity index (χ0n) is 11.8. The summed E-state index contributed by atoms with van der Waals surface area (Å²) in [5.74, 6) is 0.536. The molecule has 0 saturated heterocycles. The van der Waals surface area contributed by atoms with Crippen molar-refractivity contribution in [2.75, 3.05) is 13.7 Å². The topological polar surface area (TPSA) is 34.2 Å². The van der Waals surface area contributed by atoms with Crippen LogP contribution in [-0.2, 0) is 6.42 Å². The first-order valence-electron chi connectivity index (χ1n) is 6.70. The summed E-state index contributed by atoms with van der Waals surface area (Å²) in [5, 5.41) is 3.41. The predicted molar refractivity (Wildman–Crippen MR) is 77.3 cm³/mol. The fraction of sp³-hybridized carbons (Fsp3) is 0.312. The van der Waals surface area contributed by atoms with Crippen molar-refractivity contribution in [2.45, 2.75) is 19.4 Å². The van der Waals surface area contributed by atoms with Crippen molar-refractivity contribution in [3.63, 3.8) is 0 Å². The summed E-state index contributed by atoms with van der Waals surface area (Å²) in [5.41, 5.74) is 1.99. The summed E-state index contributed by atoms with van der Waals surface area (Å²) in [7, 11) is 1.63. The van der Waals surface area contributed by atoms with Crippen molar-refractivity contribution in [1.29, 1.82) is 0 Å². The van der Waals surface area contributed by atoms with Gasteiger partial charge in [-0.1, -0.05) is 19.1 Å². The number of ether oxygens (including phenoxy) is 1. The van der Waals surface area contributed by atoms with Gasteiger partial charge in [0.15, 0.2) is 0 Å². The highest BCUT2D eigenvalue weighted by molar-refractivity contribution is 5.34. The molecule has 0 amide bonds. The van der Waals surface area contributed by atoms with Crippen LogP contribution >= 0.6 is 0 Å². The number of aromatic nitrogens is 1. The molecule has 1 aromatic heterocycles. The van der Waals surface area contributed by atoms with Gasteiger partial charge in [0.2, 0.25) is 0 Å². The number of hydrogen-bond acceptors (Lipinski definition) is 3. The Morgan fingerprint density at radius 2 is 2.20 bits per heavy atom. The van der Waals surface area contributed by atoms with Gasteiger partial charge in [0.1, 0.15) is 11.6 Å². The van der Waals surface area contributed by atoms with Crippen molar-refractivity contribution in [2.24, 2.45) is 0 Å². The molecule has 1 atom stereocenters. The van der Waals surface area contributed by atoms with Crippen LogP contribution in [0.4, 0.5) is 4.39 Å². The van der Waals surface area contributed by atoms with Crippen LogP contribution in [0.3, 0.4) is 0 Å². The molecule has 2 rings (SSSR count). The number of nitrogens with zero attached hydrogens (tertiary/aromatic N) is 1. The molecular formula is C16H19FN2O. The molecular weight excluding hydrogens is 255 g/mol. The van der Waals surface area contributed by atoms with Crippen LogP contribution in [0, 0.1) is 5.82 Å². The molecule has 0 radical (unpaired) electrons. The average Bonchev–Trinajstić information content (AvgIpc) is 2.47. The first-order chi connectivity index (χ1) is 9.74. The summed E-state index contributed by atoms with van der Waals surface area (Å²) >= 11 is 0. The lowest BCUT2D eigenvalue weighted by atomic mass is 9.99. The molecule has 2 aromatic rings. The van der Waals surface area contributed by atoms with Crippen molar-refractivity contribution in [3.05, 3.63) is 59.7 Å². The Balaban J connectivity index is 2.26. The largest absolute Gasteiger partial charge is 0.495 e. The summed E-state index contributed by atoms with van der Waals surface area (Å²) in [6.07, 6.45) is 4.14. The van der Waals surface area contributed by atoms with Gasteiger partial charge in [0.05, 0.1) is 13.3 Å². The molecule has 1 heterocycles. The van der Waals surface area contributed by atoms with E-state index in [2.05, 4.69) is 10.3 Å². The van der Waals surface area contributed by atoms with Crippen LogP contribution in [0.15, 0.2) is 42.7 Å². The van der Waals surface area contributed by atoms with Gasteiger partial charge in [-0.2, -0.15) is 0 Å². The number of hydrogen-bond donors (Lipinski definition) is 1. The number of benzene rings is 1. The number of halogens is 1. The van der Waals surface area contributed by atoms with E-state index in [0.29, 0.717) is 6.42 Å². The van der Waals surface area contributed by atoms with E-state index in [1.165, 1.54) is 6.07 Å². The number of rotatable bonds is 6. The van der Waals surface area contributed by atoms with Crippen LogP contribution in [-0.4, -0.2) is 18.6 Å². The summed E-state index contributed by atoms with van der Waals surface area (Å²) in [6.45, 7) is 2.87. The standard InChI is InChI=1S/C16H19FN2O/c1-3-19-15(10-12-5-4-6-13(17)9-12)14-7-8-18-11-16(14)20-2/h4-9,11,15,19H,3,10H2,1-2H3. The molecule has 0 bridgehead atoms. The van der Waals surface area contributed by atoms with Gasteiger partial charge in [-0.25, -0.2) is 4.39 Å². The Bertz CT molecular complexity index is 560. The van der Waals surface area contributed by atoms with Gasteiger partial charge < -0.3 is 10.1 Å². The molecule has 1 unspecified atom stereocenters. The molecule has 0 aliphatic heterocycles. The minimum absolute atomic E-state index is 0.0692. The van der Waals surface area contributed by atoms with E-state index in [0.717, 1.165) is 23.4 Å². The monoisotopic (exact) mass is 274 g/mol. The molecule has 3 nitrogen and oxygen atoms in total. The molecule has 0 spiro atoms. The lowest BCUT2D eigenvalue weighted by Crippen LogP contribution is -2.23. The third-order valence-electron chi connectivity index (χ3n) is 3.19. The number of nitrogens with one attached hydrogen (secondary N) is 1. The number of pyridine rings is 1. The fourth-order valence-electron chi connectivity index (χ4n) is 2.29. The maximum absolute atomic E-state index is 13.3. The highest BCUT2D eigenvalue weighted by Gasteiger charge is 2.16. The minimum Gasteiger partial charge on any atom is -0.495 e. The highest BCUT2D eigenvalue weighted by atomic mass is 19.1. The molecule has 1 N–H and O–H groups in total. The van der Waals surface area contributed by atoms with Crippen LogP contribution in [0.2, 0.25) is 0 Å². The summed E-state index contributed by atoms with van der Waals surface area (Å²) in [4.78, 5) is 4.07. The normalized spacial score (nSPS) is 12.2. The Morgan fingerprint density at radius 1 is 1.35 bits per heavy atom. The minimum atomic E-state index is -0.209. The molecule has 0 aliphatic rings. The van der Waals surface area contributed by atoms with E-state index in [1.807, 2.05) is 19.1 Å². The zero-order valence-corrected chi connectivity index (χ0v) is 11.8. The van der Waals surface area contributed by atoms with Gasteiger partial charge in [-0.3, -0.25) is 4.98 Å². The molecule has 106 valence electrons. The van der Waals surface area contributed by atoms with Gasteiger partial charge in [-0.05, 0) is 36.7 Å². The summed E-state index contributed by atoms with van der Waals surface area (Å²) < 4.78 is 18.7. The van der Waals surface area contributed by atoms with Gasteiger partial charge in [0.25, 0.3) is 0 Å². The summed E-state index contributed by atoms with van der Waals surface area (Å²) in [6, 6.07) is 8.69. The van der Waals surface area contributed by atoms with Crippen LogP contribution < -0.4 is 10.1 Å². The Kier molecular flexibility index (Phi) is 5.07. The van der Waals surface area contributed by atoms with E-state index in [1.54, 1.807) is 31.6 Å². The third-order valence-corrected chi connectivity index (χ3v) is 3.19. The van der Waals surface area contributed by atoms with Crippen molar-refractivity contribution in [3.8, 4) is 5.75 Å². The fourth-order valence-corrected chi connectivity index (χ4v) is 2.29. The molecule has 0 aliphatic carbocycles. The second-order valence-electron chi connectivity index (χ2n) is 4.56.